The van der Waals surface area contributed by atoms with Crippen molar-refractivity contribution >= 4 is 0 Å². The Hall–Kier alpha value is -2.58. The second-order valence-electron chi connectivity index (χ2n) is 20.6. The maximum Gasteiger partial charge on any atom is 0.0536 e. The van der Waals surface area contributed by atoms with E-state index in [-0.39, 0.29) is 0 Å². The van der Waals surface area contributed by atoms with Gasteiger partial charge in [0.25, 0.3) is 0 Å². The van der Waals surface area contributed by atoms with Crippen LogP contribution in [0, 0.1) is 0 Å². The Labute approximate surface area is 345 Å². The minimum Gasteiger partial charge on any atom is -0.306 e. The highest BCUT2D eigenvalue weighted by atomic mass is 15.5. The summed E-state index contributed by atoms with van der Waals surface area (Å²) < 4.78 is 0. The molecule has 0 amide bonds. The smallest absolute Gasteiger partial charge is 0.0536 e. The Kier molecular flexibility index (Phi) is 10.7. The summed E-state index contributed by atoms with van der Waals surface area (Å²) in [6.45, 7) is 3.39. The first-order valence-corrected chi connectivity index (χ1v) is 23.2. The van der Waals surface area contributed by atoms with Gasteiger partial charge in [-0.3, -0.25) is 14.7 Å². The molecule has 6 aliphatic carbocycles. The molecule has 1 fully saturated rings. The molecule has 306 valence electrons. The van der Waals surface area contributed by atoms with Crippen LogP contribution in [0.5, 0.6) is 0 Å². The van der Waals surface area contributed by atoms with E-state index in [2.05, 4.69) is 108 Å². The number of nitrogens with zero attached hydrogens (tertiary/aromatic N) is 6. The van der Waals surface area contributed by atoms with E-state index < -0.39 is 0 Å². The standard InChI is InChI=1S/C51H72N6/c1-52(2)46-13-7-34-22-43-28-49(16-10-37(43)19-40(34)25-46)55-31-56(50-17-11-38-20-41-26-47(53(3)4)14-8-35(41)23-44(38)29-50)33-57(32-55)51-18-12-39-21-42-27-48(54(5)6)15-9-36(42)24-45(39)30-51/h19-24,46-51H,7-18,25-33H2,1-6H3. The van der Waals surface area contributed by atoms with Crippen LogP contribution in [0.2, 0.25) is 0 Å². The van der Waals surface area contributed by atoms with Gasteiger partial charge in [-0.25, -0.2) is 0 Å². The van der Waals surface area contributed by atoms with Gasteiger partial charge in [-0.1, -0.05) is 36.4 Å². The average Bonchev–Trinajstić information content (AvgIpc) is 3.22. The molecule has 0 N–H and O–H groups in total. The van der Waals surface area contributed by atoms with E-state index in [1.165, 1.54) is 116 Å². The first kappa shape index (κ1) is 38.6. The summed E-state index contributed by atoms with van der Waals surface area (Å²) in [6, 6.07) is 19.9. The normalized spacial score (nSPS) is 29.4. The summed E-state index contributed by atoms with van der Waals surface area (Å²) in [4.78, 5) is 16.2. The van der Waals surface area contributed by atoms with E-state index >= 15 is 0 Å². The van der Waals surface area contributed by atoms with Gasteiger partial charge in [-0.2, -0.15) is 0 Å². The summed E-state index contributed by atoms with van der Waals surface area (Å²) in [7, 11) is 13.6. The van der Waals surface area contributed by atoms with E-state index in [9.17, 15) is 0 Å². The second-order valence-corrected chi connectivity index (χ2v) is 20.6. The number of hydrogen-bond acceptors (Lipinski definition) is 6. The zero-order valence-corrected chi connectivity index (χ0v) is 36.5. The van der Waals surface area contributed by atoms with Crippen LogP contribution in [0.3, 0.4) is 0 Å². The lowest BCUT2D eigenvalue weighted by atomic mass is 9.79. The molecule has 1 aliphatic heterocycles. The largest absolute Gasteiger partial charge is 0.306 e. The fourth-order valence-corrected chi connectivity index (χ4v) is 12.8. The molecule has 6 nitrogen and oxygen atoms in total. The number of benzene rings is 3. The number of likely N-dealkylation sites (N-methyl/N-ethyl adjacent to an activating group) is 3. The minimum atomic E-state index is 0.624. The van der Waals surface area contributed by atoms with E-state index in [0.29, 0.717) is 36.3 Å². The van der Waals surface area contributed by atoms with Gasteiger partial charge in [0.05, 0.1) is 20.0 Å². The second kappa shape index (κ2) is 15.8. The van der Waals surface area contributed by atoms with E-state index in [1.54, 1.807) is 66.8 Å². The Morgan fingerprint density at radius 1 is 0.316 bits per heavy atom. The van der Waals surface area contributed by atoms with Gasteiger partial charge in [0.15, 0.2) is 0 Å². The zero-order chi connectivity index (χ0) is 38.9. The molecular weight excluding hydrogens is 697 g/mol. The summed E-state index contributed by atoms with van der Waals surface area (Å²) in [5.41, 5.74) is 19.8. The molecule has 57 heavy (non-hydrogen) atoms. The van der Waals surface area contributed by atoms with E-state index in [0.717, 1.165) is 20.0 Å². The number of fused-ring (bicyclic) bond motifs is 6. The van der Waals surface area contributed by atoms with Gasteiger partial charge in [0.2, 0.25) is 0 Å². The highest BCUT2D eigenvalue weighted by Crippen LogP contribution is 2.38. The predicted octanol–water partition coefficient (Wildman–Crippen LogP) is 6.71. The van der Waals surface area contributed by atoms with Crippen molar-refractivity contribution in [3.8, 4) is 0 Å². The van der Waals surface area contributed by atoms with Crippen LogP contribution in [-0.2, 0) is 77.0 Å². The molecule has 3 aromatic carbocycles. The third kappa shape index (κ3) is 7.70. The maximum atomic E-state index is 2.96. The lowest BCUT2D eigenvalue weighted by Gasteiger charge is -2.52. The number of rotatable bonds is 6. The Balaban J connectivity index is 0.898. The van der Waals surface area contributed by atoms with Gasteiger partial charge in [0.1, 0.15) is 0 Å². The Morgan fingerprint density at radius 2 is 0.544 bits per heavy atom. The topological polar surface area (TPSA) is 19.4 Å². The highest BCUT2D eigenvalue weighted by Gasteiger charge is 2.39. The van der Waals surface area contributed by atoms with Gasteiger partial charge in [-0.15, -0.1) is 0 Å². The van der Waals surface area contributed by atoms with Crippen LogP contribution < -0.4 is 0 Å². The molecule has 1 saturated heterocycles. The molecule has 1 heterocycles. The molecule has 6 heteroatoms. The molecule has 0 radical (unpaired) electrons. The molecule has 0 aromatic heterocycles. The fraction of sp³-hybridized carbons (Fsp3) is 0.647. The van der Waals surface area contributed by atoms with Crippen LogP contribution in [-0.4, -0.2) is 128 Å². The Morgan fingerprint density at radius 3 is 0.789 bits per heavy atom. The Bertz CT molecular complexity index is 1730. The lowest BCUT2D eigenvalue weighted by Crippen LogP contribution is -2.63. The lowest BCUT2D eigenvalue weighted by molar-refractivity contribution is -0.0908. The van der Waals surface area contributed by atoms with Crippen molar-refractivity contribution in [2.24, 2.45) is 0 Å². The zero-order valence-electron chi connectivity index (χ0n) is 36.5. The highest BCUT2D eigenvalue weighted by molar-refractivity contribution is 5.45. The molecule has 7 aliphatic rings. The molecule has 0 saturated carbocycles. The average molecular weight is 769 g/mol. The summed E-state index contributed by atoms with van der Waals surface area (Å²) in [5, 5.41) is 0. The van der Waals surface area contributed by atoms with Crippen LogP contribution in [0.4, 0.5) is 0 Å². The minimum absolute atomic E-state index is 0.624. The van der Waals surface area contributed by atoms with Gasteiger partial charge >= 0.3 is 0 Å². The van der Waals surface area contributed by atoms with Crippen molar-refractivity contribution in [1.29, 1.82) is 0 Å². The maximum absolute atomic E-state index is 2.96. The fourth-order valence-electron chi connectivity index (χ4n) is 12.8. The molecule has 6 unspecified atom stereocenters. The van der Waals surface area contributed by atoms with E-state index in [1.807, 2.05) is 0 Å². The first-order valence-electron chi connectivity index (χ1n) is 23.2. The third-order valence-corrected chi connectivity index (χ3v) is 16.6. The van der Waals surface area contributed by atoms with Crippen molar-refractivity contribution in [2.75, 3.05) is 62.3 Å². The van der Waals surface area contributed by atoms with Crippen LogP contribution in [0.1, 0.15) is 105 Å². The van der Waals surface area contributed by atoms with Crippen LogP contribution in [0.25, 0.3) is 0 Å². The summed E-state index contributed by atoms with van der Waals surface area (Å²) in [5.74, 6) is 0. The van der Waals surface area contributed by atoms with Gasteiger partial charge in [0, 0.05) is 36.3 Å². The molecule has 6 atom stereocenters. The van der Waals surface area contributed by atoms with Crippen molar-refractivity contribution in [3.05, 3.63) is 103 Å². The molecule has 0 bridgehead atoms. The number of hydrogen-bond donors (Lipinski definition) is 0. The quantitative estimate of drug-likeness (QED) is 0.276. The van der Waals surface area contributed by atoms with E-state index in [4.69, 9.17) is 0 Å². The monoisotopic (exact) mass is 769 g/mol. The van der Waals surface area contributed by atoms with Crippen molar-refractivity contribution in [3.63, 3.8) is 0 Å². The third-order valence-electron chi connectivity index (χ3n) is 16.6. The van der Waals surface area contributed by atoms with Gasteiger partial charge in [-0.05, 0) is 225 Å². The summed E-state index contributed by atoms with van der Waals surface area (Å²) in [6.07, 6.45) is 22.6. The number of aryl methyl sites for hydroxylation is 6. The van der Waals surface area contributed by atoms with Crippen molar-refractivity contribution < 1.29 is 0 Å². The summed E-state index contributed by atoms with van der Waals surface area (Å²) >= 11 is 0. The van der Waals surface area contributed by atoms with Crippen LogP contribution >= 0.6 is 0 Å². The molecule has 3 aromatic rings. The van der Waals surface area contributed by atoms with Crippen molar-refractivity contribution in [1.82, 2.24) is 29.4 Å². The first-order chi connectivity index (χ1) is 27.6. The molecule has 10 rings (SSSR count). The predicted molar refractivity (Wildman–Crippen MR) is 235 cm³/mol. The molecular formula is C51H72N6. The van der Waals surface area contributed by atoms with Gasteiger partial charge < -0.3 is 14.7 Å². The SMILES string of the molecule is CN(C)C1CCc2cc3c(cc2C1)CCC(N1CN(C2CCc4cc5c(cc4C2)CCC(N(C)C)C5)CN(C2CCc4cc5c(cc4C2)CCC(N(C)C)C5)C1)C3. The molecule has 0 spiro atoms. The van der Waals surface area contributed by atoms with Crippen LogP contribution in [0.15, 0.2) is 36.4 Å². The van der Waals surface area contributed by atoms with Crippen molar-refractivity contribution in [2.45, 2.75) is 152 Å².